The number of ether oxygens (including phenoxy) is 1. The second-order valence-corrected chi connectivity index (χ2v) is 5.14. The van der Waals surface area contributed by atoms with Gasteiger partial charge in [-0.25, -0.2) is 0 Å². The fourth-order valence-electron chi connectivity index (χ4n) is 2.70. The Bertz CT molecular complexity index is 595. The molecule has 3 rings (SSSR count). The molecule has 0 atom stereocenters. The number of methoxy groups -OCH3 is 1. The number of pyridine rings is 1. The summed E-state index contributed by atoms with van der Waals surface area (Å²) >= 11 is 6.52. The predicted molar refractivity (Wildman–Crippen MR) is 74.4 cm³/mol. The zero-order valence-corrected chi connectivity index (χ0v) is 11.3. The lowest BCUT2D eigenvalue weighted by molar-refractivity contribution is 0.202. The van der Waals surface area contributed by atoms with Crippen molar-refractivity contribution in [1.29, 1.82) is 0 Å². The molecule has 0 unspecified atom stereocenters. The SMILES string of the molecule is COCCc1cccc2c(Cl)c3c(nc12)CCC3. The van der Waals surface area contributed by atoms with Crippen molar-refractivity contribution in [3.05, 3.63) is 40.0 Å². The van der Waals surface area contributed by atoms with E-state index in [0.717, 1.165) is 41.8 Å². The Kier molecular flexibility index (Phi) is 3.23. The molecule has 1 heterocycles. The van der Waals surface area contributed by atoms with Gasteiger partial charge in [-0.05, 0) is 36.8 Å². The summed E-state index contributed by atoms with van der Waals surface area (Å²) in [7, 11) is 1.73. The molecule has 1 aromatic carbocycles. The van der Waals surface area contributed by atoms with Gasteiger partial charge in [0, 0.05) is 18.2 Å². The Morgan fingerprint density at radius 1 is 1.33 bits per heavy atom. The monoisotopic (exact) mass is 261 g/mol. The van der Waals surface area contributed by atoms with Gasteiger partial charge in [0.25, 0.3) is 0 Å². The number of rotatable bonds is 3. The molecule has 1 aliphatic carbocycles. The number of aromatic nitrogens is 1. The summed E-state index contributed by atoms with van der Waals surface area (Å²) in [6.45, 7) is 0.718. The van der Waals surface area contributed by atoms with E-state index in [2.05, 4.69) is 18.2 Å². The molecule has 0 N–H and O–H groups in total. The van der Waals surface area contributed by atoms with Crippen LogP contribution in [0, 0.1) is 0 Å². The highest BCUT2D eigenvalue weighted by Gasteiger charge is 2.19. The summed E-state index contributed by atoms with van der Waals surface area (Å²) in [5.41, 5.74) is 4.73. The van der Waals surface area contributed by atoms with Crippen LogP contribution in [0.1, 0.15) is 23.2 Å². The van der Waals surface area contributed by atoms with Crippen molar-refractivity contribution in [2.24, 2.45) is 0 Å². The van der Waals surface area contributed by atoms with Crippen molar-refractivity contribution in [3.63, 3.8) is 0 Å². The predicted octanol–water partition coefficient (Wildman–Crippen LogP) is 3.57. The molecule has 0 aliphatic heterocycles. The lowest BCUT2D eigenvalue weighted by Gasteiger charge is -2.10. The molecule has 3 heteroatoms. The normalized spacial score (nSPS) is 14.1. The smallest absolute Gasteiger partial charge is 0.0753 e. The third-order valence-electron chi connectivity index (χ3n) is 3.63. The van der Waals surface area contributed by atoms with E-state index < -0.39 is 0 Å². The zero-order chi connectivity index (χ0) is 12.5. The van der Waals surface area contributed by atoms with Crippen molar-refractivity contribution in [2.75, 3.05) is 13.7 Å². The Morgan fingerprint density at radius 3 is 3.06 bits per heavy atom. The average Bonchev–Trinajstić information content (AvgIpc) is 2.85. The minimum absolute atomic E-state index is 0.718. The van der Waals surface area contributed by atoms with Gasteiger partial charge in [-0.1, -0.05) is 29.8 Å². The Labute approximate surface area is 112 Å². The molecule has 0 amide bonds. The summed E-state index contributed by atoms with van der Waals surface area (Å²) in [6.07, 6.45) is 4.19. The molecule has 0 bridgehead atoms. The molecule has 1 aromatic heterocycles. The van der Waals surface area contributed by atoms with Crippen LogP contribution in [0.4, 0.5) is 0 Å². The highest BCUT2D eigenvalue weighted by Crippen LogP contribution is 2.34. The van der Waals surface area contributed by atoms with Crippen LogP contribution in [-0.4, -0.2) is 18.7 Å². The minimum Gasteiger partial charge on any atom is -0.384 e. The van der Waals surface area contributed by atoms with E-state index in [4.69, 9.17) is 21.3 Å². The number of hydrogen-bond acceptors (Lipinski definition) is 2. The third kappa shape index (κ3) is 1.90. The number of benzene rings is 1. The van der Waals surface area contributed by atoms with Crippen LogP contribution >= 0.6 is 11.6 Å². The minimum atomic E-state index is 0.718. The van der Waals surface area contributed by atoms with E-state index >= 15 is 0 Å². The maximum atomic E-state index is 6.52. The molecule has 18 heavy (non-hydrogen) atoms. The molecule has 0 spiro atoms. The number of hydrogen-bond donors (Lipinski definition) is 0. The van der Waals surface area contributed by atoms with Crippen LogP contribution in [0.3, 0.4) is 0 Å². The van der Waals surface area contributed by atoms with E-state index in [1.54, 1.807) is 7.11 Å². The summed E-state index contributed by atoms with van der Waals surface area (Å²) < 4.78 is 5.16. The lowest BCUT2D eigenvalue weighted by atomic mass is 10.0. The second-order valence-electron chi connectivity index (χ2n) is 4.76. The van der Waals surface area contributed by atoms with Gasteiger partial charge >= 0.3 is 0 Å². The van der Waals surface area contributed by atoms with E-state index in [9.17, 15) is 0 Å². The van der Waals surface area contributed by atoms with Crippen LogP contribution in [0.25, 0.3) is 10.9 Å². The Hall–Kier alpha value is -1.12. The van der Waals surface area contributed by atoms with Crippen molar-refractivity contribution in [3.8, 4) is 0 Å². The molecule has 94 valence electrons. The van der Waals surface area contributed by atoms with Crippen LogP contribution in [-0.2, 0) is 24.0 Å². The van der Waals surface area contributed by atoms with Gasteiger partial charge in [-0.3, -0.25) is 4.98 Å². The van der Waals surface area contributed by atoms with Crippen LogP contribution in [0.15, 0.2) is 18.2 Å². The van der Waals surface area contributed by atoms with E-state index in [1.807, 2.05) is 0 Å². The van der Waals surface area contributed by atoms with Crippen LogP contribution in [0.2, 0.25) is 5.02 Å². The lowest BCUT2D eigenvalue weighted by Crippen LogP contribution is -1.99. The Morgan fingerprint density at radius 2 is 2.22 bits per heavy atom. The van der Waals surface area contributed by atoms with Gasteiger partial charge in [-0.2, -0.15) is 0 Å². The molecule has 0 saturated carbocycles. The largest absolute Gasteiger partial charge is 0.384 e. The topological polar surface area (TPSA) is 22.1 Å². The second kappa shape index (κ2) is 4.87. The summed E-state index contributed by atoms with van der Waals surface area (Å²) in [6, 6.07) is 6.24. The molecular formula is C15H16ClNO. The van der Waals surface area contributed by atoms with Gasteiger partial charge in [0.15, 0.2) is 0 Å². The molecular weight excluding hydrogens is 246 g/mol. The Balaban J connectivity index is 2.19. The van der Waals surface area contributed by atoms with Gasteiger partial charge in [0.05, 0.1) is 17.1 Å². The first-order chi connectivity index (χ1) is 8.81. The first-order valence-corrected chi connectivity index (χ1v) is 6.77. The first kappa shape index (κ1) is 11.9. The summed E-state index contributed by atoms with van der Waals surface area (Å²) in [4.78, 5) is 4.83. The zero-order valence-electron chi connectivity index (χ0n) is 10.5. The summed E-state index contributed by atoms with van der Waals surface area (Å²) in [5, 5.41) is 2.00. The molecule has 1 aliphatic rings. The molecule has 0 fully saturated rings. The van der Waals surface area contributed by atoms with E-state index in [-0.39, 0.29) is 0 Å². The molecule has 2 nitrogen and oxygen atoms in total. The molecule has 0 saturated heterocycles. The van der Waals surface area contributed by atoms with Gasteiger partial charge in [0.1, 0.15) is 0 Å². The van der Waals surface area contributed by atoms with Crippen molar-refractivity contribution in [1.82, 2.24) is 4.98 Å². The highest BCUT2D eigenvalue weighted by atomic mass is 35.5. The number of nitrogens with zero attached hydrogens (tertiary/aromatic N) is 1. The van der Waals surface area contributed by atoms with Gasteiger partial charge < -0.3 is 4.74 Å². The third-order valence-corrected chi connectivity index (χ3v) is 4.06. The summed E-state index contributed by atoms with van der Waals surface area (Å²) in [5.74, 6) is 0. The average molecular weight is 262 g/mol. The molecule has 0 radical (unpaired) electrons. The fraction of sp³-hybridized carbons (Fsp3) is 0.400. The molecule has 2 aromatic rings. The van der Waals surface area contributed by atoms with Crippen molar-refractivity contribution >= 4 is 22.5 Å². The number of para-hydroxylation sites is 1. The standard InChI is InChI=1S/C15H16ClNO/c1-18-9-8-10-4-2-6-12-14(16)11-5-3-7-13(11)17-15(10)12/h2,4,6H,3,5,7-9H2,1H3. The highest BCUT2D eigenvalue weighted by molar-refractivity contribution is 6.36. The van der Waals surface area contributed by atoms with Gasteiger partial charge in [-0.15, -0.1) is 0 Å². The fourth-order valence-corrected chi connectivity index (χ4v) is 3.06. The van der Waals surface area contributed by atoms with E-state index in [1.165, 1.54) is 23.2 Å². The number of aryl methyl sites for hydroxylation is 1. The number of halogens is 1. The van der Waals surface area contributed by atoms with Crippen LogP contribution in [0.5, 0.6) is 0 Å². The van der Waals surface area contributed by atoms with E-state index in [0.29, 0.717) is 0 Å². The maximum Gasteiger partial charge on any atom is 0.0753 e. The maximum absolute atomic E-state index is 6.52. The van der Waals surface area contributed by atoms with Crippen molar-refractivity contribution in [2.45, 2.75) is 25.7 Å². The quantitative estimate of drug-likeness (QED) is 0.843. The first-order valence-electron chi connectivity index (χ1n) is 6.39. The van der Waals surface area contributed by atoms with Crippen molar-refractivity contribution < 1.29 is 4.74 Å². The number of fused-ring (bicyclic) bond motifs is 2. The van der Waals surface area contributed by atoms with Gasteiger partial charge in [0.2, 0.25) is 0 Å². The van der Waals surface area contributed by atoms with Crippen LogP contribution < -0.4 is 0 Å².